The van der Waals surface area contributed by atoms with Crippen LogP contribution in [-0.4, -0.2) is 41.7 Å². The van der Waals surface area contributed by atoms with E-state index in [1.54, 1.807) is 0 Å². The van der Waals surface area contributed by atoms with Crippen LogP contribution in [-0.2, 0) is 0 Å². The van der Waals surface area contributed by atoms with Crippen LogP contribution in [0.15, 0.2) is 6.07 Å². The van der Waals surface area contributed by atoms with Gasteiger partial charge in [-0.25, -0.2) is 4.98 Å². The average Bonchev–Trinajstić information content (AvgIpc) is 2.34. The molecule has 0 radical (unpaired) electrons. The summed E-state index contributed by atoms with van der Waals surface area (Å²) in [6, 6.07) is 2.80. The van der Waals surface area contributed by atoms with Crippen molar-refractivity contribution < 1.29 is 4.74 Å². The Kier molecular flexibility index (Phi) is 4.58. The van der Waals surface area contributed by atoms with E-state index in [0.29, 0.717) is 24.6 Å². The molecule has 1 saturated heterocycles. The van der Waals surface area contributed by atoms with E-state index in [1.165, 1.54) is 0 Å². The van der Waals surface area contributed by atoms with Crippen molar-refractivity contribution in [2.24, 2.45) is 0 Å². The third-order valence-electron chi connectivity index (χ3n) is 3.11. The van der Waals surface area contributed by atoms with Gasteiger partial charge in [0.1, 0.15) is 0 Å². The first-order valence-electron chi connectivity index (χ1n) is 7.08. The Hall–Kier alpha value is -1.36. The molecule has 1 aliphatic heterocycles. The summed E-state index contributed by atoms with van der Waals surface area (Å²) in [5.74, 6) is 1.47. The monoisotopic (exact) mass is 264 g/mol. The molecule has 1 N–H and O–H groups in total. The molecule has 1 fully saturated rings. The lowest BCUT2D eigenvalue weighted by molar-refractivity contribution is 0.303. The molecule has 2 atom stereocenters. The van der Waals surface area contributed by atoms with Crippen molar-refractivity contribution in [2.75, 3.05) is 24.6 Å². The van der Waals surface area contributed by atoms with Crippen LogP contribution in [0, 0.1) is 6.92 Å². The van der Waals surface area contributed by atoms with Gasteiger partial charge < -0.3 is 15.0 Å². The lowest BCUT2D eigenvalue weighted by Crippen LogP contribution is -2.54. The van der Waals surface area contributed by atoms with Crippen LogP contribution in [0.3, 0.4) is 0 Å². The van der Waals surface area contributed by atoms with Gasteiger partial charge in [-0.15, -0.1) is 0 Å². The SMILES string of the molecule is CCCOc1cc(C)nc(N2CC(C)NC(C)C2)n1. The van der Waals surface area contributed by atoms with Crippen molar-refractivity contribution in [2.45, 2.75) is 46.2 Å². The predicted octanol–water partition coefficient (Wildman–Crippen LogP) is 1.76. The van der Waals surface area contributed by atoms with Gasteiger partial charge in [0, 0.05) is 36.9 Å². The summed E-state index contributed by atoms with van der Waals surface area (Å²) >= 11 is 0. The minimum absolute atomic E-state index is 0.452. The van der Waals surface area contributed by atoms with Crippen molar-refractivity contribution in [3.8, 4) is 5.88 Å². The number of nitrogens with one attached hydrogen (secondary N) is 1. The Labute approximate surface area is 115 Å². The highest BCUT2D eigenvalue weighted by molar-refractivity contribution is 5.35. The molecule has 2 heterocycles. The number of ether oxygens (including phenoxy) is 1. The topological polar surface area (TPSA) is 50.3 Å². The fraction of sp³-hybridized carbons (Fsp3) is 0.714. The largest absolute Gasteiger partial charge is 0.478 e. The highest BCUT2D eigenvalue weighted by Crippen LogP contribution is 2.18. The molecule has 0 amide bonds. The second-order valence-corrected chi connectivity index (χ2v) is 5.37. The van der Waals surface area contributed by atoms with E-state index >= 15 is 0 Å². The van der Waals surface area contributed by atoms with Gasteiger partial charge in [-0.05, 0) is 27.2 Å². The third-order valence-corrected chi connectivity index (χ3v) is 3.11. The van der Waals surface area contributed by atoms with Gasteiger partial charge in [-0.1, -0.05) is 6.92 Å². The number of piperazine rings is 1. The molecule has 0 bridgehead atoms. The summed E-state index contributed by atoms with van der Waals surface area (Å²) in [5.41, 5.74) is 0.954. The maximum atomic E-state index is 5.63. The van der Waals surface area contributed by atoms with Crippen LogP contribution in [0.2, 0.25) is 0 Å². The van der Waals surface area contributed by atoms with Crippen molar-refractivity contribution in [1.82, 2.24) is 15.3 Å². The van der Waals surface area contributed by atoms with Crippen molar-refractivity contribution in [3.63, 3.8) is 0 Å². The number of hydrogen-bond donors (Lipinski definition) is 1. The van der Waals surface area contributed by atoms with Crippen LogP contribution in [0.5, 0.6) is 5.88 Å². The standard InChI is InChI=1S/C14H24N4O/c1-5-6-19-13-7-10(2)16-14(17-13)18-8-11(3)15-12(4)9-18/h7,11-12,15H,5-6,8-9H2,1-4H3. The third kappa shape index (κ3) is 3.80. The molecule has 19 heavy (non-hydrogen) atoms. The molecule has 1 aliphatic rings. The fourth-order valence-electron chi connectivity index (χ4n) is 2.44. The molecule has 106 valence electrons. The summed E-state index contributed by atoms with van der Waals surface area (Å²) in [4.78, 5) is 11.3. The maximum Gasteiger partial charge on any atom is 0.228 e. The number of aromatic nitrogens is 2. The molecular weight excluding hydrogens is 240 g/mol. The number of nitrogens with zero attached hydrogens (tertiary/aromatic N) is 3. The van der Waals surface area contributed by atoms with E-state index in [4.69, 9.17) is 4.74 Å². The Bertz CT molecular complexity index is 414. The minimum atomic E-state index is 0.452. The maximum absolute atomic E-state index is 5.63. The zero-order valence-corrected chi connectivity index (χ0v) is 12.3. The van der Waals surface area contributed by atoms with Gasteiger partial charge in [-0.3, -0.25) is 0 Å². The predicted molar refractivity (Wildman–Crippen MR) is 76.8 cm³/mol. The second kappa shape index (κ2) is 6.19. The molecule has 0 aliphatic carbocycles. The van der Waals surface area contributed by atoms with E-state index in [-0.39, 0.29) is 0 Å². The highest BCUT2D eigenvalue weighted by Gasteiger charge is 2.23. The van der Waals surface area contributed by atoms with Gasteiger partial charge in [-0.2, -0.15) is 4.98 Å². The minimum Gasteiger partial charge on any atom is -0.478 e. The lowest BCUT2D eigenvalue weighted by Gasteiger charge is -2.36. The molecule has 1 aromatic rings. The van der Waals surface area contributed by atoms with Gasteiger partial charge in [0.15, 0.2) is 0 Å². The summed E-state index contributed by atoms with van der Waals surface area (Å²) in [7, 11) is 0. The van der Waals surface area contributed by atoms with E-state index in [1.807, 2.05) is 13.0 Å². The molecular formula is C14H24N4O. The number of hydrogen-bond acceptors (Lipinski definition) is 5. The molecule has 1 aromatic heterocycles. The Balaban J connectivity index is 2.16. The summed E-state index contributed by atoms with van der Waals surface area (Å²) in [6.07, 6.45) is 0.986. The normalized spacial score (nSPS) is 23.5. The molecule has 5 nitrogen and oxygen atoms in total. The average molecular weight is 264 g/mol. The van der Waals surface area contributed by atoms with Gasteiger partial charge >= 0.3 is 0 Å². The van der Waals surface area contributed by atoms with Crippen LogP contribution in [0.4, 0.5) is 5.95 Å². The first-order chi connectivity index (χ1) is 9.08. The smallest absolute Gasteiger partial charge is 0.228 e. The van der Waals surface area contributed by atoms with E-state index in [2.05, 4.69) is 41.0 Å². The molecule has 5 heteroatoms. The molecule has 0 aromatic carbocycles. The van der Waals surface area contributed by atoms with Crippen molar-refractivity contribution in [1.29, 1.82) is 0 Å². The zero-order valence-electron chi connectivity index (χ0n) is 12.3. The molecule has 2 unspecified atom stereocenters. The second-order valence-electron chi connectivity index (χ2n) is 5.37. The van der Waals surface area contributed by atoms with Crippen LogP contribution in [0.1, 0.15) is 32.9 Å². The van der Waals surface area contributed by atoms with Gasteiger partial charge in [0.2, 0.25) is 11.8 Å². The Morgan fingerprint density at radius 3 is 2.63 bits per heavy atom. The molecule has 0 saturated carbocycles. The lowest BCUT2D eigenvalue weighted by atomic mass is 10.1. The fourth-order valence-corrected chi connectivity index (χ4v) is 2.44. The summed E-state index contributed by atoms with van der Waals surface area (Å²) in [5, 5.41) is 3.51. The van der Waals surface area contributed by atoms with E-state index < -0.39 is 0 Å². The van der Waals surface area contributed by atoms with Crippen molar-refractivity contribution in [3.05, 3.63) is 11.8 Å². The first kappa shape index (κ1) is 14.1. The van der Waals surface area contributed by atoms with Crippen LogP contribution < -0.4 is 15.0 Å². The molecule has 2 rings (SSSR count). The van der Waals surface area contributed by atoms with E-state index in [0.717, 1.165) is 31.2 Å². The van der Waals surface area contributed by atoms with Crippen molar-refractivity contribution >= 4 is 5.95 Å². The summed E-state index contributed by atoms with van der Waals surface area (Å²) < 4.78 is 5.63. The number of anilines is 1. The van der Waals surface area contributed by atoms with Crippen LogP contribution in [0.25, 0.3) is 0 Å². The van der Waals surface area contributed by atoms with Crippen LogP contribution >= 0.6 is 0 Å². The summed E-state index contributed by atoms with van der Waals surface area (Å²) in [6.45, 7) is 11.0. The van der Waals surface area contributed by atoms with Gasteiger partial charge in [0.25, 0.3) is 0 Å². The number of rotatable bonds is 4. The van der Waals surface area contributed by atoms with Gasteiger partial charge in [0.05, 0.1) is 6.61 Å². The first-order valence-corrected chi connectivity index (χ1v) is 7.08. The Morgan fingerprint density at radius 1 is 1.32 bits per heavy atom. The van der Waals surface area contributed by atoms with E-state index in [9.17, 15) is 0 Å². The number of aryl methyl sites for hydroxylation is 1. The molecule has 0 spiro atoms. The zero-order chi connectivity index (χ0) is 13.8. The Morgan fingerprint density at radius 2 is 2.00 bits per heavy atom. The highest BCUT2D eigenvalue weighted by atomic mass is 16.5. The quantitative estimate of drug-likeness (QED) is 0.898.